The van der Waals surface area contributed by atoms with Gasteiger partial charge in [-0.25, -0.2) is 23.3 Å². The molecule has 11 nitrogen and oxygen atoms in total. The Morgan fingerprint density at radius 3 is 1.87 bits per heavy atom. The second kappa shape index (κ2) is 15.0. The number of phenolic OH excluding ortho intramolecular Hbond substituents is 1. The van der Waals surface area contributed by atoms with Gasteiger partial charge in [-0.2, -0.15) is 0 Å². The van der Waals surface area contributed by atoms with Crippen LogP contribution in [0.15, 0.2) is 12.1 Å². The number of ether oxygens (including phenoxy) is 3. The molecule has 0 saturated carbocycles. The number of hydrogen-bond donors (Lipinski definition) is 1. The van der Waals surface area contributed by atoms with E-state index in [1.165, 1.54) is 0 Å². The van der Waals surface area contributed by atoms with Gasteiger partial charge in [-0.15, -0.1) is 0 Å². The molecule has 1 aromatic carbocycles. The maximum absolute atomic E-state index is 14.6. The summed E-state index contributed by atoms with van der Waals surface area (Å²) in [5.74, 6) is -4.06. The molecule has 1 saturated heterocycles. The second-order valence-corrected chi connectivity index (χ2v) is 17.4. The van der Waals surface area contributed by atoms with Crippen molar-refractivity contribution in [2.24, 2.45) is 0 Å². The minimum atomic E-state index is -3.72. The summed E-state index contributed by atoms with van der Waals surface area (Å²) in [6.07, 6.45) is -1.38. The van der Waals surface area contributed by atoms with Crippen LogP contribution in [0.1, 0.15) is 94.1 Å². The van der Waals surface area contributed by atoms with Crippen molar-refractivity contribution in [2.45, 2.75) is 117 Å². The van der Waals surface area contributed by atoms with E-state index < -0.39 is 64.9 Å². The van der Waals surface area contributed by atoms with Crippen LogP contribution in [0.2, 0.25) is 0 Å². The molecule has 46 heavy (non-hydrogen) atoms. The molecular formula is C32H51F2N2O9P. The molecule has 2 rings (SSSR count). The standard InChI is InChI=1S/C32H51F2N2O9P/c1-11-42-46(41)17-16-35(20-22-18-23(33)25(37)24(34)19-22)21-32(46,26(38)43-29(2,3)4)14-12-13-15-36(27(39)44-30(5,6)7)28(40)45-31(8,9)10/h18-19,37H,11-17,20-21H2,1-10H3. The third kappa shape index (κ3) is 10.9. The maximum atomic E-state index is 14.6. The number of rotatable bonds is 10. The Balaban J connectivity index is 2.42. The van der Waals surface area contributed by atoms with Gasteiger partial charge < -0.3 is 23.8 Å². The van der Waals surface area contributed by atoms with Crippen LogP contribution in [0, 0.1) is 11.6 Å². The van der Waals surface area contributed by atoms with Crippen LogP contribution in [-0.4, -0.2) is 87.4 Å². The summed E-state index contributed by atoms with van der Waals surface area (Å²) in [4.78, 5) is 42.6. The van der Waals surface area contributed by atoms with Crippen LogP contribution in [-0.2, 0) is 34.6 Å². The van der Waals surface area contributed by atoms with Crippen LogP contribution in [0.3, 0.4) is 0 Å². The zero-order chi connectivity index (χ0) is 35.3. The molecule has 1 aliphatic heterocycles. The Labute approximate surface area is 271 Å². The summed E-state index contributed by atoms with van der Waals surface area (Å²) in [6.45, 7) is 16.8. The van der Waals surface area contributed by atoms with E-state index in [4.69, 9.17) is 18.7 Å². The van der Waals surface area contributed by atoms with Gasteiger partial charge in [0.25, 0.3) is 0 Å². The Morgan fingerprint density at radius 2 is 1.41 bits per heavy atom. The van der Waals surface area contributed by atoms with Gasteiger partial charge in [0.1, 0.15) is 16.8 Å². The van der Waals surface area contributed by atoms with E-state index in [0.29, 0.717) is 0 Å². The lowest BCUT2D eigenvalue weighted by molar-refractivity contribution is -0.160. The first-order valence-electron chi connectivity index (χ1n) is 15.5. The van der Waals surface area contributed by atoms with Gasteiger partial charge in [0.05, 0.1) is 6.61 Å². The van der Waals surface area contributed by atoms with Gasteiger partial charge in [-0.05, 0) is 106 Å². The number of halogens is 2. The molecule has 1 fully saturated rings. The molecule has 14 heteroatoms. The summed E-state index contributed by atoms with van der Waals surface area (Å²) in [6, 6.07) is 2.01. The number of carbonyl (C=O) groups excluding carboxylic acids is 3. The Bertz CT molecular complexity index is 1250. The first-order valence-corrected chi connectivity index (χ1v) is 17.3. The summed E-state index contributed by atoms with van der Waals surface area (Å²) in [5, 5.41) is 7.87. The van der Waals surface area contributed by atoms with E-state index in [0.717, 1.165) is 17.0 Å². The van der Waals surface area contributed by atoms with Crippen molar-refractivity contribution in [2.75, 3.05) is 32.4 Å². The molecule has 0 radical (unpaired) electrons. The minimum absolute atomic E-state index is 0.00411. The molecule has 0 aliphatic carbocycles. The fourth-order valence-corrected chi connectivity index (χ4v) is 8.06. The molecule has 0 aromatic heterocycles. The van der Waals surface area contributed by atoms with Crippen LogP contribution >= 0.6 is 7.37 Å². The van der Waals surface area contributed by atoms with Crippen molar-refractivity contribution in [3.8, 4) is 5.75 Å². The average molecular weight is 677 g/mol. The number of benzene rings is 1. The molecule has 1 heterocycles. The SMILES string of the molecule is CCOP1(=O)CCN(Cc2cc(F)c(O)c(F)c2)CC1(CCCCN(C(=O)OC(C)(C)C)C(=O)OC(C)(C)C)C(=O)OC(C)(C)C. The van der Waals surface area contributed by atoms with Crippen molar-refractivity contribution in [3.63, 3.8) is 0 Å². The van der Waals surface area contributed by atoms with Gasteiger partial charge in [0.15, 0.2) is 22.5 Å². The number of amides is 2. The summed E-state index contributed by atoms with van der Waals surface area (Å²) >= 11 is 0. The van der Waals surface area contributed by atoms with Gasteiger partial charge in [0.2, 0.25) is 7.37 Å². The number of phenols is 1. The van der Waals surface area contributed by atoms with E-state index in [2.05, 4.69) is 0 Å². The van der Waals surface area contributed by atoms with Crippen LogP contribution in [0.4, 0.5) is 18.4 Å². The van der Waals surface area contributed by atoms with Crippen LogP contribution < -0.4 is 0 Å². The summed E-state index contributed by atoms with van der Waals surface area (Å²) in [5.41, 5.74) is -2.48. The molecule has 1 N–H and O–H groups in total. The van der Waals surface area contributed by atoms with Crippen molar-refractivity contribution in [3.05, 3.63) is 29.3 Å². The average Bonchev–Trinajstić information content (AvgIpc) is 2.85. The van der Waals surface area contributed by atoms with E-state index in [9.17, 15) is 32.8 Å². The molecule has 262 valence electrons. The fraction of sp³-hybridized carbons (Fsp3) is 0.719. The lowest BCUT2D eigenvalue weighted by Crippen LogP contribution is -2.56. The van der Waals surface area contributed by atoms with Crippen molar-refractivity contribution >= 4 is 25.5 Å². The fourth-order valence-electron chi connectivity index (χ4n) is 5.05. The maximum Gasteiger partial charge on any atom is 0.419 e. The molecule has 1 aliphatic rings. The van der Waals surface area contributed by atoms with Crippen LogP contribution in [0.5, 0.6) is 5.75 Å². The first kappa shape index (κ1) is 39.4. The van der Waals surface area contributed by atoms with E-state index in [1.807, 2.05) is 0 Å². The van der Waals surface area contributed by atoms with Gasteiger partial charge in [0, 0.05) is 32.3 Å². The number of imide groups is 1. The summed E-state index contributed by atoms with van der Waals surface area (Å²) in [7, 11) is -3.72. The lowest BCUT2D eigenvalue weighted by atomic mass is 9.98. The largest absolute Gasteiger partial charge is 0.503 e. The minimum Gasteiger partial charge on any atom is -0.503 e. The van der Waals surface area contributed by atoms with Crippen molar-refractivity contribution < 1.29 is 51.6 Å². The predicted molar refractivity (Wildman–Crippen MR) is 169 cm³/mol. The first-order chi connectivity index (χ1) is 20.9. The molecule has 2 amide bonds. The summed E-state index contributed by atoms with van der Waals surface area (Å²) < 4.78 is 65.3. The Kier molecular flexibility index (Phi) is 12.8. The Hall–Kier alpha value is -2.76. The molecule has 2 unspecified atom stereocenters. The van der Waals surface area contributed by atoms with E-state index in [1.54, 1.807) is 74.1 Å². The monoisotopic (exact) mass is 676 g/mol. The highest BCUT2D eigenvalue weighted by atomic mass is 31.2. The lowest BCUT2D eigenvalue weighted by Gasteiger charge is -2.46. The highest BCUT2D eigenvalue weighted by Gasteiger charge is 2.59. The normalized spacial score (nSPS) is 21.0. The quantitative estimate of drug-likeness (QED) is 0.117. The zero-order valence-corrected chi connectivity index (χ0v) is 29.7. The smallest absolute Gasteiger partial charge is 0.419 e. The highest BCUT2D eigenvalue weighted by molar-refractivity contribution is 7.62. The van der Waals surface area contributed by atoms with Gasteiger partial charge in [-0.3, -0.25) is 14.3 Å². The van der Waals surface area contributed by atoms with Crippen molar-refractivity contribution in [1.29, 1.82) is 0 Å². The molecule has 0 spiro atoms. The molecular weight excluding hydrogens is 625 g/mol. The Morgan fingerprint density at radius 1 is 0.913 bits per heavy atom. The molecule has 1 aromatic rings. The third-order valence-electron chi connectivity index (χ3n) is 6.90. The van der Waals surface area contributed by atoms with E-state index >= 15 is 0 Å². The number of hydrogen-bond acceptors (Lipinski definition) is 10. The van der Waals surface area contributed by atoms with E-state index in [-0.39, 0.29) is 63.8 Å². The number of esters is 1. The van der Waals surface area contributed by atoms with Gasteiger partial charge >= 0.3 is 18.2 Å². The van der Waals surface area contributed by atoms with Gasteiger partial charge in [-0.1, -0.05) is 0 Å². The number of carbonyl (C=O) groups is 3. The molecule has 2 atom stereocenters. The molecule has 0 bridgehead atoms. The topological polar surface area (TPSA) is 132 Å². The van der Waals surface area contributed by atoms with Crippen molar-refractivity contribution in [1.82, 2.24) is 9.80 Å². The number of nitrogens with zero attached hydrogens (tertiary/aromatic N) is 2. The second-order valence-electron chi connectivity index (χ2n) is 14.5. The highest BCUT2D eigenvalue weighted by Crippen LogP contribution is 2.64. The number of aromatic hydroxyl groups is 1. The zero-order valence-electron chi connectivity index (χ0n) is 28.8. The third-order valence-corrected chi connectivity index (χ3v) is 10.2. The van der Waals surface area contributed by atoms with Crippen LogP contribution in [0.25, 0.3) is 0 Å². The number of unbranched alkanes of at least 4 members (excludes halogenated alkanes) is 1. The predicted octanol–water partition coefficient (Wildman–Crippen LogP) is 7.22.